The number of fused-ring (bicyclic) bond motifs is 1. The van der Waals surface area contributed by atoms with E-state index in [9.17, 15) is 17.6 Å². The smallest absolute Gasteiger partial charge is 0.232 e. The maximum absolute atomic E-state index is 15.3. The average Bonchev–Trinajstić information content (AvgIpc) is 3.24. The lowest BCUT2D eigenvalue weighted by molar-refractivity contribution is 0.103. The SMILES string of the molecule is [2H]C([2H])(C)C([2H])([2H])S(=O)(=O)Nc1ccc(F)c(C(=O)c2c[nH]c3ncc(-c4cccnc4)cc23)c1F. The Labute approximate surface area is 188 Å². The van der Waals surface area contributed by atoms with E-state index in [-0.39, 0.29) is 16.6 Å². The summed E-state index contributed by atoms with van der Waals surface area (Å²) in [5.41, 5.74) is -4.07. The number of aromatic amines is 1. The molecule has 3 heterocycles. The van der Waals surface area contributed by atoms with Gasteiger partial charge in [0.15, 0.2) is 5.82 Å². The largest absolute Gasteiger partial charge is 0.345 e. The minimum Gasteiger partial charge on any atom is -0.345 e. The molecule has 0 spiro atoms. The van der Waals surface area contributed by atoms with Crippen molar-refractivity contribution in [2.24, 2.45) is 0 Å². The molecule has 0 aliphatic heterocycles. The van der Waals surface area contributed by atoms with Gasteiger partial charge < -0.3 is 4.98 Å². The van der Waals surface area contributed by atoms with Crippen LogP contribution in [-0.2, 0) is 10.0 Å². The van der Waals surface area contributed by atoms with Crippen molar-refractivity contribution in [2.45, 2.75) is 13.3 Å². The number of carbonyl (C=O) groups excluding carboxylic acids is 1. The molecule has 0 saturated heterocycles. The summed E-state index contributed by atoms with van der Waals surface area (Å²) >= 11 is 0. The molecule has 0 fully saturated rings. The zero-order valence-electron chi connectivity index (χ0n) is 20.5. The third-order valence-corrected chi connectivity index (χ3v) is 5.53. The van der Waals surface area contributed by atoms with Crippen molar-refractivity contribution in [3.05, 3.63) is 77.9 Å². The van der Waals surface area contributed by atoms with Crippen LogP contribution >= 0.6 is 0 Å². The number of benzene rings is 1. The monoisotopic (exact) mass is 460 g/mol. The Morgan fingerprint density at radius 1 is 1.22 bits per heavy atom. The second kappa shape index (κ2) is 8.46. The quantitative estimate of drug-likeness (QED) is 0.401. The predicted molar refractivity (Wildman–Crippen MR) is 117 cm³/mol. The van der Waals surface area contributed by atoms with Crippen molar-refractivity contribution >= 4 is 32.5 Å². The topological polar surface area (TPSA) is 105 Å². The van der Waals surface area contributed by atoms with E-state index in [0.717, 1.165) is 0 Å². The van der Waals surface area contributed by atoms with Gasteiger partial charge in [0.1, 0.15) is 11.5 Å². The van der Waals surface area contributed by atoms with Gasteiger partial charge >= 0.3 is 0 Å². The molecule has 2 N–H and O–H groups in total. The van der Waals surface area contributed by atoms with Crippen LogP contribution in [0, 0.1) is 11.6 Å². The number of rotatable bonds is 7. The molecule has 3 aromatic heterocycles. The Balaban J connectivity index is 1.78. The first-order valence-electron chi connectivity index (χ1n) is 11.2. The Hall–Kier alpha value is -3.66. The third-order valence-electron chi connectivity index (χ3n) is 4.57. The Morgan fingerprint density at radius 2 is 2.03 bits per heavy atom. The van der Waals surface area contributed by atoms with E-state index in [1.54, 1.807) is 35.3 Å². The minimum atomic E-state index is -5.16. The van der Waals surface area contributed by atoms with Gasteiger partial charge in [0.2, 0.25) is 15.8 Å². The fraction of sp³-hybridized carbons (Fsp3) is 0.136. The number of hydrogen-bond donors (Lipinski definition) is 2. The molecule has 0 aliphatic rings. The number of carbonyl (C=O) groups is 1. The highest BCUT2D eigenvalue weighted by Crippen LogP contribution is 2.29. The van der Waals surface area contributed by atoms with Crippen LogP contribution in [0.25, 0.3) is 22.2 Å². The number of ketones is 1. The molecular formula is C22H18F2N4O3S. The van der Waals surface area contributed by atoms with Crippen LogP contribution in [0.3, 0.4) is 0 Å². The lowest BCUT2D eigenvalue weighted by Crippen LogP contribution is -2.18. The van der Waals surface area contributed by atoms with Crippen LogP contribution in [0.1, 0.15) is 34.7 Å². The first-order valence-corrected chi connectivity index (χ1v) is 10.7. The predicted octanol–water partition coefficient (Wildman–Crippen LogP) is 4.29. The van der Waals surface area contributed by atoms with Gasteiger partial charge in [-0.3, -0.25) is 14.5 Å². The van der Waals surface area contributed by atoms with E-state index in [1.807, 2.05) is 0 Å². The molecule has 0 radical (unpaired) electrons. The second-order valence-electron chi connectivity index (χ2n) is 6.63. The van der Waals surface area contributed by atoms with E-state index in [2.05, 4.69) is 15.0 Å². The highest BCUT2D eigenvalue weighted by molar-refractivity contribution is 7.92. The number of hydrogen-bond acceptors (Lipinski definition) is 5. The van der Waals surface area contributed by atoms with Crippen LogP contribution in [0.2, 0.25) is 0 Å². The zero-order valence-corrected chi connectivity index (χ0v) is 17.3. The molecule has 0 aliphatic carbocycles. The van der Waals surface area contributed by atoms with Crippen molar-refractivity contribution in [2.75, 3.05) is 10.4 Å². The third kappa shape index (κ3) is 4.09. The van der Waals surface area contributed by atoms with Crippen LogP contribution in [0.5, 0.6) is 0 Å². The molecule has 1 aromatic carbocycles. The normalized spacial score (nSPS) is 14.3. The molecule has 10 heteroatoms. The number of H-pyrrole nitrogens is 1. The summed E-state index contributed by atoms with van der Waals surface area (Å²) < 4.78 is 86.7. The molecule has 0 atom stereocenters. The van der Waals surface area contributed by atoms with Gasteiger partial charge in [0.25, 0.3) is 0 Å². The Kier molecular flexibility index (Phi) is 4.49. The molecule has 0 amide bonds. The average molecular weight is 460 g/mol. The first-order chi connectivity index (χ1) is 16.7. The van der Waals surface area contributed by atoms with Crippen LogP contribution in [-0.4, -0.2) is 34.9 Å². The lowest BCUT2D eigenvalue weighted by atomic mass is 10.00. The summed E-state index contributed by atoms with van der Waals surface area (Å²) in [6.45, 7) is 0.701. The van der Waals surface area contributed by atoms with Crippen LogP contribution in [0.15, 0.2) is 55.1 Å². The van der Waals surface area contributed by atoms with Crippen molar-refractivity contribution in [1.29, 1.82) is 0 Å². The summed E-state index contributed by atoms with van der Waals surface area (Å²) in [4.78, 5) is 24.2. The fourth-order valence-electron chi connectivity index (χ4n) is 3.16. The molecule has 7 nitrogen and oxygen atoms in total. The van der Waals surface area contributed by atoms with E-state index in [0.29, 0.717) is 30.2 Å². The number of halogens is 2. The second-order valence-corrected chi connectivity index (χ2v) is 8.05. The van der Waals surface area contributed by atoms with Gasteiger partial charge in [0.05, 0.1) is 17.0 Å². The summed E-state index contributed by atoms with van der Waals surface area (Å²) in [5.74, 6) is -3.97. The zero-order chi connectivity index (χ0) is 26.5. The molecule has 0 bridgehead atoms. The van der Waals surface area contributed by atoms with Crippen molar-refractivity contribution in [3.63, 3.8) is 0 Å². The maximum Gasteiger partial charge on any atom is 0.232 e. The highest BCUT2D eigenvalue weighted by atomic mass is 32.2. The van der Waals surface area contributed by atoms with Crippen molar-refractivity contribution < 1.29 is 27.5 Å². The van der Waals surface area contributed by atoms with Gasteiger partial charge in [-0.1, -0.05) is 13.0 Å². The number of pyridine rings is 2. The highest BCUT2D eigenvalue weighted by Gasteiger charge is 2.26. The number of nitrogens with zero attached hydrogens (tertiary/aromatic N) is 2. The van der Waals surface area contributed by atoms with Crippen LogP contribution in [0.4, 0.5) is 14.5 Å². The number of anilines is 1. The van der Waals surface area contributed by atoms with E-state index in [4.69, 9.17) is 5.48 Å². The summed E-state index contributed by atoms with van der Waals surface area (Å²) in [7, 11) is -5.16. The van der Waals surface area contributed by atoms with Gasteiger partial charge in [0, 0.05) is 52.3 Å². The van der Waals surface area contributed by atoms with E-state index in [1.165, 1.54) is 12.4 Å². The summed E-state index contributed by atoms with van der Waals surface area (Å²) in [6, 6.07) is 6.38. The maximum atomic E-state index is 15.3. The Bertz CT molecular complexity index is 1590. The van der Waals surface area contributed by atoms with Gasteiger partial charge in [-0.25, -0.2) is 22.2 Å². The molecule has 4 aromatic rings. The molecule has 0 unspecified atom stereocenters. The van der Waals surface area contributed by atoms with E-state index < -0.39 is 50.8 Å². The van der Waals surface area contributed by atoms with Crippen molar-refractivity contribution in [1.82, 2.24) is 15.0 Å². The number of sulfonamides is 1. The summed E-state index contributed by atoms with van der Waals surface area (Å²) in [6.07, 6.45) is 3.03. The standard InChI is InChI=1S/C22H18F2N4O3S/c1-2-8-32(30,31)28-18-6-5-17(23)19(20(18)24)21(29)16-12-27-22-15(16)9-14(11-26-22)13-4-3-7-25-10-13/h3-7,9-12,28H,2,8H2,1H3,(H,26,27)/i2D2,8D2. The molecule has 0 saturated carbocycles. The lowest BCUT2D eigenvalue weighted by Gasteiger charge is -2.11. The van der Waals surface area contributed by atoms with Gasteiger partial charge in [-0.05, 0) is 30.6 Å². The molecule has 164 valence electrons. The Morgan fingerprint density at radius 3 is 2.75 bits per heavy atom. The van der Waals surface area contributed by atoms with Gasteiger partial charge in [-0.15, -0.1) is 0 Å². The minimum absolute atomic E-state index is 0.138. The molecular weight excluding hydrogens is 438 g/mol. The van der Waals surface area contributed by atoms with Crippen molar-refractivity contribution in [3.8, 4) is 11.1 Å². The number of aromatic nitrogens is 3. The summed E-state index contributed by atoms with van der Waals surface area (Å²) in [5, 5.41) is 0.252. The van der Waals surface area contributed by atoms with E-state index >= 15 is 4.39 Å². The molecule has 32 heavy (non-hydrogen) atoms. The van der Waals surface area contributed by atoms with Gasteiger partial charge in [-0.2, -0.15) is 0 Å². The van der Waals surface area contributed by atoms with Crippen LogP contribution < -0.4 is 4.72 Å². The first kappa shape index (κ1) is 17.0. The number of nitrogens with one attached hydrogen (secondary N) is 2. The fourth-order valence-corrected chi connectivity index (χ4v) is 3.93. The molecule has 4 rings (SSSR count).